The SMILES string of the molecule is NNc1nc2oc(=O)c(C(N)=S)c(-c3ccc([N+](=O)[O-])cc3)c2s1. The molecule has 2 aromatic heterocycles. The molecule has 0 radical (unpaired) electrons. The number of anilines is 1. The largest absolute Gasteiger partial charge is 0.402 e. The molecule has 3 rings (SSSR count). The summed E-state index contributed by atoms with van der Waals surface area (Å²) in [5.41, 5.74) is 8.24. The summed E-state index contributed by atoms with van der Waals surface area (Å²) >= 11 is 6.10. The van der Waals surface area contributed by atoms with Gasteiger partial charge in [0.15, 0.2) is 0 Å². The molecule has 5 N–H and O–H groups in total. The minimum atomic E-state index is -0.739. The van der Waals surface area contributed by atoms with Crippen molar-refractivity contribution in [1.29, 1.82) is 0 Å². The molecule has 0 atom stereocenters. The van der Waals surface area contributed by atoms with Crippen molar-refractivity contribution >= 4 is 49.8 Å². The molecule has 0 aliphatic carbocycles. The van der Waals surface area contributed by atoms with Crippen molar-refractivity contribution in [3.63, 3.8) is 0 Å². The molecule has 0 unspecified atom stereocenters. The minimum Gasteiger partial charge on any atom is -0.402 e. The Bertz CT molecular complexity index is 1030. The fraction of sp³-hybridized carbons (Fsp3) is 0. The fourth-order valence-electron chi connectivity index (χ4n) is 2.20. The number of thiocarbonyl (C=S) groups is 1. The third kappa shape index (κ3) is 2.60. The van der Waals surface area contributed by atoms with Gasteiger partial charge in [-0.15, -0.1) is 0 Å². The van der Waals surface area contributed by atoms with E-state index in [0.717, 1.165) is 11.3 Å². The van der Waals surface area contributed by atoms with E-state index in [1.807, 2.05) is 0 Å². The van der Waals surface area contributed by atoms with Crippen LogP contribution in [0.2, 0.25) is 0 Å². The smallest absolute Gasteiger partial charge is 0.348 e. The molecule has 0 fully saturated rings. The average Bonchev–Trinajstić information content (AvgIpc) is 2.95. The number of hydrogen-bond acceptors (Lipinski definition) is 9. The topological polar surface area (TPSA) is 150 Å². The second-order valence-corrected chi connectivity index (χ2v) is 6.04. The van der Waals surface area contributed by atoms with Crippen LogP contribution in [-0.2, 0) is 0 Å². The molecule has 122 valence electrons. The van der Waals surface area contributed by atoms with Crippen LogP contribution in [0.15, 0.2) is 33.5 Å². The molecule has 0 amide bonds. The number of aromatic nitrogens is 1. The average molecular weight is 363 g/mol. The Morgan fingerprint density at radius 2 is 2.04 bits per heavy atom. The summed E-state index contributed by atoms with van der Waals surface area (Å²) in [7, 11) is 0. The number of nitro benzene ring substituents is 1. The van der Waals surface area contributed by atoms with E-state index in [1.54, 1.807) is 0 Å². The standard InChI is InChI=1S/C13H9N5O4S2/c14-10(23)8-7(5-1-3-6(4-2-5)18(20)21)9-11(22-12(8)19)16-13(17-15)24-9/h1-4H,15H2,(H2,14,23)(H,16,17). The monoisotopic (exact) mass is 363 g/mol. The molecule has 0 bridgehead atoms. The Morgan fingerprint density at radius 1 is 1.38 bits per heavy atom. The number of nitrogen functional groups attached to an aromatic ring is 1. The lowest BCUT2D eigenvalue weighted by Crippen LogP contribution is -2.21. The molecule has 0 spiro atoms. The van der Waals surface area contributed by atoms with E-state index in [-0.39, 0.29) is 22.0 Å². The lowest BCUT2D eigenvalue weighted by Gasteiger charge is -2.07. The van der Waals surface area contributed by atoms with Gasteiger partial charge >= 0.3 is 5.63 Å². The van der Waals surface area contributed by atoms with Crippen molar-refractivity contribution in [3.8, 4) is 11.1 Å². The molecule has 9 nitrogen and oxygen atoms in total. The molecular weight excluding hydrogens is 354 g/mol. The lowest BCUT2D eigenvalue weighted by molar-refractivity contribution is -0.384. The van der Waals surface area contributed by atoms with Crippen molar-refractivity contribution in [2.45, 2.75) is 0 Å². The van der Waals surface area contributed by atoms with Crippen LogP contribution in [0, 0.1) is 10.1 Å². The zero-order chi connectivity index (χ0) is 17.4. The van der Waals surface area contributed by atoms with Crippen molar-refractivity contribution < 1.29 is 9.34 Å². The number of hydrazine groups is 1. The molecule has 0 aliphatic heterocycles. The van der Waals surface area contributed by atoms with E-state index in [1.165, 1.54) is 24.3 Å². The molecule has 0 saturated heterocycles. The van der Waals surface area contributed by atoms with Crippen LogP contribution in [0.3, 0.4) is 0 Å². The Hall–Kier alpha value is -2.89. The Kier molecular flexibility index (Phi) is 3.97. The summed E-state index contributed by atoms with van der Waals surface area (Å²) in [5, 5.41) is 11.1. The van der Waals surface area contributed by atoms with E-state index in [9.17, 15) is 14.9 Å². The fourth-order valence-corrected chi connectivity index (χ4v) is 3.26. The van der Waals surface area contributed by atoms with Gasteiger partial charge in [0.05, 0.1) is 4.92 Å². The van der Waals surface area contributed by atoms with Crippen LogP contribution in [0.25, 0.3) is 21.5 Å². The zero-order valence-corrected chi connectivity index (χ0v) is 13.4. The van der Waals surface area contributed by atoms with Crippen molar-refractivity contribution in [3.05, 3.63) is 50.4 Å². The maximum absolute atomic E-state index is 12.2. The van der Waals surface area contributed by atoms with E-state index in [0.29, 0.717) is 21.0 Å². The number of thiazole rings is 1. The highest BCUT2D eigenvalue weighted by molar-refractivity contribution is 7.80. The summed E-state index contributed by atoms with van der Waals surface area (Å²) in [4.78, 5) is 26.4. The highest BCUT2D eigenvalue weighted by atomic mass is 32.1. The third-order valence-corrected chi connectivity index (χ3v) is 4.39. The van der Waals surface area contributed by atoms with Gasteiger partial charge in [-0.25, -0.2) is 10.6 Å². The maximum atomic E-state index is 12.2. The van der Waals surface area contributed by atoms with Crippen molar-refractivity contribution in [2.75, 3.05) is 5.43 Å². The second-order valence-electron chi connectivity index (χ2n) is 4.61. The number of nitrogens with two attached hydrogens (primary N) is 2. The number of non-ortho nitro benzene ring substituents is 1. The molecule has 0 aliphatic rings. The molecule has 11 heteroatoms. The maximum Gasteiger partial charge on any atom is 0.348 e. The number of nitro groups is 1. The minimum absolute atomic E-state index is 0.0126. The van der Waals surface area contributed by atoms with Gasteiger partial charge in [0.2, 0.25) is 10.8 Å². The molecular formula is C13H9N5O4S2. The Morgan fingerprint density at radius 3 is 2.58 bits per heavy atom. The van der Waals surface area contributed by atoms with Gasteiger partial charge in [-0.1, -0.05) is 23.6 Å². The van der Waals surface area contributed by atoms with Gasteiger partial charge in [0.25, 0.3) is 5.69 Å². The normalized spacial score (nSPS) is 10.7. The number of fused-ring (bicyclic) bond motifs is 1. The Labute approximate surface area is 143 Å². The number of hydrogen-bond donors (Lipinski definition) is 3. The van der Waals surface area contributed by atoms with Gasteiger partial charge in [-0.3, -0.25) is 15.5 Å². The first kappa shape index (κ1) is 16.0. The van der Waals surface area contributed by atoms with Gasteiger partial charge in [0, 0.05) is 17.7 Å². The van der Waals surface area contributed by atoms with Gasteiger partial charge in [-0.2, -0.15) is 4.98 Å². The van der Waals surface area contributed by atoms with Crippen LogP contribution in [0.5, 0.6) is 0 Å². The summed E-state index contributed by atoms with van der Waals surface area (Å²) in [6.07, 6.45) is 0. The number of benzene rings is 1. The molecule has 24 heavy (non-hydrogen) atoms. The van der Waals surface area contributed by atoms with Gasteiger partial charge in [-0.05, 0) is 17.7 Å². The predicted molar refractivity (Wildman–Crippen MR) is 93.9 cm³/mol. The van der Waals surface area contributed by atoms with Crippen molar-refractivity contribution in [1.82, 2.24) is 4.98 Å². The first-order valence-corrected chi connectivity index (χ1v) is 7.63. The van der Waals surface area contributed by atoms with E-state index < -0.39 is 10.5 Å². The number of rotatable bonds is 4. The lowest BCUT2D eigenvalue weighted by atomic mass is 10.0. The molecule has 0 saturated carbocycles. The van der Waals surface area contributed by atoms with Gasteiger partial charge in [0.1, 0.15) is 15.3 Å². The molecule has 2 heterocycles. The van der Waals surface area contributed by atoms with Crippen LogP contribution in [0.4, 0.5) is 10.8 Å². The number of nitrogens with one attached hydrogen (secondary N) is 1. The highest BCUT2D eigenvalue weighted by Gasteiger charge is 2.22. The third-order valence-electron chi connectivity index (χ3n) is 3.20. The van der Waals surface area contributed by atoms with E-state index in [2.05, 4.69) is 10.4 Å². The van der Waals surface area contributed by atoms with Crippen LogP contribution in [-0.4, -0.2) is 14.9 Å². The van der Waals surface area contributed by atoms with Crippen molar-refractivity contribution in [2.24, 2.45) is 11.6 Å². The predicted octanol–water partition coefficient (Wildman–Crippen LogP) is 1.74. The number of nitrogens with zero attached hydrogens (tertiary/aromatic N) is 2. The second kappa shape index (κ2) is 5.96. The molecule has 3 aromatic rings. The van der Waals surface area contributed by atoms with Crippen LogP contribution in [0.1, 0.15) is 5.56 Å². The summed E-state index contributed by atoms with van der Waals surface area (Å²) in [5.74, 6) is 5.34. The van der Waals surface area contributed by atoms with Crippen LogP contribution < -0.4 is 22.6 Å². The van der Waals surface area contributed by atoms with E-state index in [4.69, 9.17) is 28.2 Å². The highest BCUT2D eigenvalue weighted by Crippen LogP contribution is 2.36. The summed E-state index contributed by atoms with van der Waals surface area (Å²) < 4.78 is 5.63. The summed E-state index contributed by atoms with van der Waals surface area (Å²) in [6.45, 7) is 0. The van der Waals surface area contributed by atoms with E-state index >= 15 is 0 Å². The molecule has 1 aromatic carbocycles. The summed E-state index contributed by atoms with van der Waals surface area (Å²) in [6, 6.07) is 5.65. The zero-order valence-electron chi connectivity index (χ0n) is 11.8. The first-order chi connectivity index (χ1) is 11.4. The quantitative estimate of drug-likeness (QED) is 0.272. The van der Waals surface area contributed by atoms with Gasteiger partial charge < -0.3 is 10.2 Å². The van der Waals surface area contributed by atoms with Crippen LogP contribution >= 0.6 is 23.6 Å². The Balaban J connectivity index is 2.36. The first-order valence-electron chi connectivity index (χ1n) is 6.41.